The van der Waals surface area contributed by atoms with Crippen LogP contribution in [-0.2, 0) is 19.3 Å². The molecule has 1 aliphatic rings. The molecule has 0 amide bonds. The van der Waals surface area contributed by atoms with Crippen molar-refractivity contribution in [2.24, 2.45) is 0 Å². The Morgan fingerprint density at radius 1 is 1.06 bits per heavy atom. The fourth-order valence-electron chi connectivity index (χ4n) is 4.18. The molecule has 4 heterocycles. The lowest BCUT2D eigenvalue weighted by atomic mass is 10.1. The van der Waals surface area contributed by atoms with E-state index in [2.05, 4.69) is 25.5 Å². The summed E-state index contributed by atoms with van der Waals surface area (Å²) in [7, 11) is 0. The molecule has 3 aromatic heterocycles. The monoisotopic (exact) mass is 454 g/mol. The molecule has 170 valence electrons. The van der Waals surface area contributed by atoms with E-state index in [4.69, 9.17) is 5.73 Å². The number of hydrogen-bond donors (Lipinski definition) is 2. The first-order chi connectivity index (χ1) is 15.8. The molecule has 0 fully saturated rings. The third-order valence-corrected chi connectivity index (χ3v) is 5.86. The highest BCUT2D eigenvalue weighted by atomic mass is 19.4. The van der Waals surface area contributed by atoms with Crippen molar-refractivity contribution in [2.45, 2.75) is 32.2 Å². The van der Waals surface area contributed by atoms with Crippen LogP contribution in [0.3, 0.4) is 0 Å². The number of nitrogen functional groups attached to an aromatic ring is 1. The first kappa shape index (κ1) is 21.0. The van der Waals surface area contributed by atoms with Gasteiger partial charge >= 0.3 is 6.18 Å². The van der Waals surface area contributed by atoms with E-state index in [-0.39, 0.29) is 18.4 Å². The van der Waals surface area contributed by atoms with Crippen LogP contribution < -0.4 is 16.0 Å². The Morgan fingerprint density at radius 3 is 2.67 bits per heavy atom. The van der Waals surface area contributed by atoms with Crippen LogP contribution in [0.1, 0.15) is 30.2 Å². The van der Waals surface area contributed by atoms with Crippen molar-refractivity contribution in [3.63, 3.8) is 0 Å². The van der Waals surface area contributed by atoms with Gasteiger partial charge in [-0.15, -0.1) is 10.2 Å². The number of fused-ring (bicyclic) bond motifs is 2. The van der Waals surface area contributed by atoms with E-state index < -0.39 is 12.0 Å². The molecule has 4 aromatic rings. The third-order valence-electron chi connectivity index (χ3n) is 5.86. The Bertz CT molecular complexity index is 1300. The van der Waals surface area contributed by atoms with Gasteiger partial charge in [-0.1, -0.05) is 18.2 Å². The number of hydrogen-bond acceptors (Lipinski definition) is 7. The van der Waals surface area contributed by atoms with Crippen LogP contribution in [0.15, 0.2) is 48.8 Å². The molecule has 33 heavy (non-hydrogen) atoms. The lowest BCUT2D eigenvalue weighted by Gasteiger charge is -2.34. The van der Waals surface area contributed by atoms with Gasteiger partial charge in [-0.3, -0.25) is 0 Å². The van der Waals surface area contributed by atoms with Gasteiger partial charge in [0.05, 0.1) is 6.04 Å². The summed E-state index contributed by atoms with van der Waals surface area (Å²) in [5.41, 5.74) is 7.87. The van der Waals surface area contributed by atoms with Gasteiger partial charge in [0.1, 0.15) is 11.6 Å². The Labute approximate surface area is 187 Å². The summed E-state index contributed by atoms with van der Waals surface area (Å²) in [6.45, 7) is 2.88. The minimum atomic E-state index is -4.52. The van der Waals surface area contributed by atoms with Crippen molar-refractivity contribution in [2.75, 3.05) is 22.5 Å². The number of rotatable bonds is 4. The first-order valence-electron chi connectivity index (χ1n) is 10.4. The number of nitrogens with one attached hydrogen (secondary N) is 1. The molecule has 0 unspecified atom stereocenters. The average Bonchev–Trinajstić information content (AvgIpc) is 3.25. The van der Waals surface area contributed by atoms with E-state index in [0.717, 1.165) is 26.6 Å². The van der Waals surface area contributed by atoms with Crippen LogP contribution in [0.4, 0.5) is 30.5 Å². The summed E-state index contributed by atoms with van der Waals surface area (Å²) < 4.78 is 40.6. The number of aromatic nitrogens is 5. The van der Waals surface area contributed by atoms with Crippen molar-refractivity contribution in [1.82, 2.24) is 24.7 Å². The molecule has 0 saturated carbocycles. The van der Waals surface area contributed by atoms with Crippen molar-refractivity contribution in [3.8, 4) is 0 Å². The number of benzene rings is 1. The molecule has 1 atom stereocenters. The topological polar surface area (TPSA) is 97.8 Å². The third kappa shape index (κ3) is 3.79. The largest absolute Gasteiger partial charge is 0.451 e. The summed E-state index contributed by atoms with van der Waals surface area (Å²) in [5.74, 6) is 0.490. The predicted molar refractivity (Wildman–Crippen MR) is 119 cm³/mol. The molecule has 0 radical (unpaired) electrons. The standard InChI is InChI=1S/C22H21F3N8/c1-13-20-30-31-21(22(23,24)25)33(20)10-9-32(13)18-6-5-14(12-29-18)11-28-17-4-2-3-16-15(17)7-8-27-19(16)26/h2-8,12-13,28H,9-11H2,1H3,(H2,26,27)/t13-/m1/s1. The summed E-state index contributed by atoms with van der Waals surface area (Å²) in [4.78, 5) is 10.6. The van der Waals surface area contributed by atoms with Gasteiger partial charge in [-0.2, -0.15) is 13.2 Å². The van der Waals surface area contributed by atoms with Crippen LogP contribution in [0.2, 0.25) is 0 Å². The van der Waals surface area contributed by atoms with Gasteiger partial charge in [-0.25, -0.2) is 9.97 Å². The van der Waals surface area contributed by atoms with E-state index in [9.17, 15) is 13.2 Å². The normalized spacial score (nSPS) is 16.1. The maximum atomic E-state index is 13.1. The maximum absolute atomic E-state index is 13.1. The zero-order chi connectivity index (χ0) is 23.2. The van der Waals surface area contributed by atoms with Gasteiger partial charge in [0.15, 0.2) is 5.82 Å². The van der Waals surface area contributed by atoms with Crippen LogP contribution in [0.25, 0.3) is 10.8 Å². The molecule has 8 nitrogen and oxygen atoms in total. The summed E-state index contributed by atoms with van der Waals surface area (Å²) in [6, 6.07) is 11.2. The molecule has 3 N–H and O–H groups in total. The molecule has 0 saturated heterocycles. The zero-order valence-electron chi connectivity index (χ0n) is 17.7. The molecule has 1 aliphatic heterocycles. The zero-order valence-corrected chi connectivity index (χ0v) is 17.7. The molecule has 0 spiro atoms. The van der Waals surface area contributed by atoms with Crippen LogP contribution >= 0.6 is 0 Å². The van der Waals surface area contributed by atoms with Crippen molar-refractivity contribution in [1.29, 1.82) is 0 Å². The molecule has 0 bridgehead atoms. The van der Waals surface area contributed by atoms with E-state index in [1.54, 1.807) is 19.3 Å². The fraction of sp³-hybridized carbons (Fsp3) is 0.273. The Kier molecular flexibility index (Phi) is 5.03. The lowest BCUT2D eigenvalue weighted by molar-refractivity contribution is -0.147. The average molecular weight is 454 g/mol. The minimum absolute atomic E-state index is 0.144. The molecule has 1 aromatic carbocycles. The quantitative estimate of drug-likeness (QED) is 0.481. The van der Waals surface area contributed by atoms with Gasteiger partial charge in [-0.05, 0) is 30.7 Å². The number of alkyl halides is 3. The summed E-state index contributed by atoms with van der Waals surface area (Å²) in [5, 5.41) is 12.4. The van der Waals surface area contributed by atoms with Crippen LogP contribution in [0.5, 0.6) is 0 Å². The second-order valence-corrected chi connectivity index (χ2v) is 7.88. The molecular weight excluding hydrogens is 433 g/mol. The van der Waals surface area contributed by atoms with E-state index in [1.807, 2.05) is 41.3 Å². The highest BCUT2D eigenvalue weighted by molar-refractivity contribution is 5.99. The Hall–Kier alpha value is -3.89. The smallest absolute Gasteiger partial charge is 0.383 e. The molecular formula is C22H21F3N8. The number of nitrogens with zero attached hydrogens (tertiary/aromatic N) is 6. The first-order valence-corrected chi connectivity index (χ1v) is 10.4. The maximum Gasteiger partial charge on any atom is 0.451 e. The van der Waals surface area contributed by atoms with Gasteiger partial charge in [0, 0.05) is 48.5 Å². The van der Waals surface area contributed by atoms with Crippen molar-refractivity contribution >= 4 is 28.1 Å². The van der Waals surface area contributed by atoms with Gasteiger partial charge < -0.3 is 20.5 Å². The highest BCUT2D eigenvalue weighted by Gasteiger charge is 2.41. The Balaban J connectivity index is 1.31. The van der Waals surface area contributed by atoms with Crippen LogP contribution in [-0.4, -0.2) is 31.3 Å². The molecule has 0 aliphatic carbocycles. The lowest BCUT2D eigenvalue weighted by Crippen LogP contribution is -2.38. The van der Waals surface area contributed by atoms with E-state index in [1.165, 1.54) is 0 Å². The molecule has 11 heteroatoms. The highest BCUT2D eigenvalue weighted by Crippen LogP contribution is 2.34. The van der Waals surface area contributed by atoms with E-state index >= 15 is 0 Å². The van der Waals surface area contributed by atoms with E-state index in [0.29, 0.717) is 24.7 Å². The van der Waals surface area contributed by atoms with Crippen molar-refractivity contribution < 1.29 is 13.2 Å². The number of nitrogens with two attached hydrogens (primary N) is 1. The Morgan fingerprint density at radius 2 is 1.91 bits per heavy atom. The molecule has 5 rings (SSSR count). The second kappa shape index (κ2) is 7.91. The second-order valence-electron chi connectivity index (χ2n) is 7.88. The number of halogens is 3. The van der Waals surface area contributed by atoms with Crippen LogP contribution in [0, 0.1) is 0 Å². The number of pyridine rings is 2. The summed E-state index contributed by atoms with van der Waals surface area (Å²) >= 11 is 0. The SMILES string of the molecule is C[C@@H]1c2nnc(C(F)(F)F)n2CCN1c1ccc(CNc2cccc3c(N)nccc23)cn1. The van der Waals surface area contributed by atoms with Gasteiger partial charge in [0.25, 0.3) is 0 Å². The summed E-state index contributed by atoms with van der Waals surface area (Å²) in [6.07, 6.45) is -1.08. The van der Waals surface area contributed by atoms with Gasteiger partial charge in [0.2, 0.25) is 5.82 Å². The fourth-order valence-corrected chi connectivity index (χ4v) is 4.18. The predicted octanol–water partition coefficient (Wildman–Crippen LogP) is 4.02. The van der Waals surface area contributed by atoms with Crippen molar-refractivity contribution in [3.05, 3.63) is 66.0 Å². The minimum Gasteiger partial charge on any atom is -0.383 e. The number of anilines is 3.